The molecular weight excluding hydrogens is 296 g/mol. The first kappa shape index (κ1) is 14.3. The van der Waals surface area contributed by atoms with Gasteiger partial charge in [0.2, 0.25) is 5.89 Å². The first-order valence-electron chi connectivity index (χ1n) is 6.96. The normalized spacial score (nSPS) is 34.2. The zero-order valence-electron chi connectivity index (χ0n) is 11.3. The molecule has 2 heterocycles. The van der Waals surface area contributed by atoms with Gasteiger partial charge in [0, 0.05) is 16.8 Å². The fourth-order valence-corrected chi connectivity index (χ4v) is 5.66. The summed E-state index contributed by atoms with van der Waals surface area (Å²) >= 11 is 3.80. The van der Waals surface area contributed by atoms with Crippen LogP contribution in [0.2, 0.25) is 0 Å². The van der Waals surface area contributed by atoms with Crippen LogP contribution >= 0.6 is 23.5 Å². The molecule has 3 rings (SSSR count). The van der Waals surface area contributed by atoms with Gasteiger partial charge in [-0.3, -0.25) is 4.79 Å². The van der Waals surface area contributed by atoms with Crippen LogP contribution in [0.4, 0.5) is 0 Å². The molecule has 0 bridgehead atoms. The van der Waals surface area contributed by atoms with E-state index in [-0.39, 0.29) is 17.1 Å². The molecule has 2 fully saturated rings. The summed E-state index contributed by atoms with van der Waals surface area (Å²) in [6.07, 6.45) is 2.46. The number of thioether (sulfide) groups is 2. The van der Waals surface area contributed by atoms with Crippen molar-refractivity contribution in [3.05, 3.63) is 11.7 Å². The Morgan fingerprint density at radius 3 is 2.90 bits per heavy atom. The Bertz CT molecular complexity index is 494. The molecule has 110 valence electrons. The predicted molar refractivity (Wildman–Crippen MR) is 79.1 cm³/mol. The first-order chi connectivity index (χ1) is 9.66. The van der Waals surface area contributed by atoms with Gasteiger partial charge >= 0.3 is 5.97 Å². The second kappa shape index (κ2) is 5.97. The molecule has 2 aliphatic rings. The molecule has 0 amide bonds. The molecular formula is C13H18N2O3S2. The lowest BCUT2D eigenvalue weighted by Crippen LogP contribution is -2.18. The van der Waals surface area contributed by atoms with Gasteiger partial charge < -0.3 is 9.63 Å². The van der Waals surface area contributed by atoms with E-state index in [0.717, 1.165) is 30.2 Å². The second-order valence-corrected chi connectivity index (χ2v) is 8.07. The van der Waals surface area contributed by atoms with E-state index in [4.69, 9.17) is 4.52 Å². The van der Waals surface area contributed by atoms with Gasteiger partial charge in [0.1, 0.15) is 0 Å². The molecule has 1 saturated heterocycles. The molecule has 1 N–H and O–H groups in total. The highest BCUT2D eigenvalue weighted by Crippen LogP contribution is 2.43. The summed E-state index contributed by atoms with van der Waals surface area (Å²) in [5, 5.41) is 14.1. The lowest BCUT2D eigenvalue weighted by molar-refractivity contribution is -0.142. The largest absolute Gasteiger partial charge is 0.481 e. The summed E-state index contributed by atoms with van der Waals surface area (Å²) in [7, 11) is 0. The van der Waals surface area contributed by atoms with Gasteiger partial charge in [-0.1, -0.05) is 18.5 Å². The Balaban J connectivity index is 1.77. The number of nitrogens with zero attached hydrogens (tertiary/aromatic N) is 2. The minimum absolute atomic E-state index is 0.106. The molecule has 0 aromatic carbocycles. The topological polar surface area (TPSA) is 76.2 Å². The highest BCUT2D eigenvalue weighted by Gasteiger charge is 2.38. The Morgan fingerprint density at radius 2 is 2.15 bits per heavy atom. The van der Waals surface area contributed by atoms with Gasteiger partial charge in [0.05, 0.1) is 17.1 Å². The summed E-state index contributed by atoms with van der Waals surface area (Å²) in [6.45, 7) is 2.19. The fraction of sp³-hybridized carbons (Fsp3) is 0.769. The third-order valence-electron chi connectivity index (χ3n) is 4.05. The van der Waals surface area contributed by atoms with Gasteiger partial charge in [-0.05, 0) is 12.8 Å². The zero-order valence-corrected chi connectivity index (χ0v) is 13.0. The molecule has 1 aromatic rings. The molecule has 4 atom stereocenters. The molecule has 4 unspecified atom stereocenters. The summed E-state index contributed by atoms with van der Waals surface area (Å²) in [6, 6.07) is 0. The number of aromatic nitrogens is 2. The molecule has 7 heteroatoms. The van der Waals surface area contributed by atoms with Crippen molar-refractivity contribution in [2.45, 2.75) is 42.6 Å². The van der Waals surface area contributed by atoms with Crippen molar-refractivity contribution in [1.29, 1.82) is 0 Å². The van der Waals surface area contributed by atoms with Crippen molar-refractivity contribution in [1.82, 2.24) is 10.1 Å². The van der Waals surface area contributed by atoms with Gasteiger partial charge in [0.15, 0.2) is 5.82 Å². The summed E-state index contributed by atoms with van der Waals surface area (Å²) < 4.78 is 5.38. The van der Waals surface area contributed by atoms with Crippen molar-refractivity contribution in [3.63, 3.8) is 0 Å². The Hall–Kier alpha value is -0.690. The van der Waals surface area contributed by atoms with Gasteiger partial charge in [0.25, 0.3) is 0 Å². The second-order valence-electron chi connectivity index (χ2n) is 5.34. The number of aliphatic carboxylic acids is 1. The van der Waals surface area contributed by atoms with Gasteiger partial charge in [-0.2, -0.15) is 16.7 Å². The molecule has 1 aliphatic heterocycles. The number of carboxylic acids is 1. The van der Waals surface area contributed by atoms with Crippen LogP contribution in [0.3, 0.4) is 0 Å². The summed E-state index contributed by atoms with van der Waals surface area (Å²) in [5.41, 5.74) is 0. The lowest BCUT2D eigenvalue weighted by Gasteiger charge is -2.24. The molecule has 1 aliphatic carbocycles. The third-order valence-corrected chi connectivity index (χ3v) is 7.14. The van der Waals surface area contributed by atoms with Gasteiger partial charge in [-0.25, -0.2) is 0 Å². The zero-order chi connectivity index (χ0) is 14.1. The highest BCUT2D eigenvalue weighted by atomic mass is 32.2. The molecule has 1 saturated carbocycles. The molecule has 0 radical (unpaired) electrons. The summed E-state index contributed by atoms with van der Waals surface area (Å²) in [5.74, 6) is 2.30. The van der Waals surface area contributed by atoms with Crippen LogP contribution in [-0.4, -0.2) is 38.0 Å². The third kappa shape index (κ3) is 2.70. The smallest absolute Gasteiger partial charge is 0.307 e. The summed E-state index contributed by atoms with van der Waals surface area (Å²) in [4.78, 5) is 15.8. The van der Waals surface area contributed by atoms with Gasteiger partial charge in [-0.15, -0.1) is 11.8 Å². The Kier molecular flexibility index (Phi) is 4.26. The fourth-order valence-electron chi connectivity index (χ4n) is 2.98. The van der Waals surface area contributed by atoms with E-state index in [9.17, 15) is 9.90 Å². The minimum atomic E-state index is -0.747. The van der Waals surface area contributed by atoms with Crippen LogP contribution < -0.4 is 0 Å². The van der Waals surface area contributed by atoms with Crippen LogP contribution in [0.5, 0.6) is 0 Å². The van der Waals surface area contributed by atoms with Crippen LogP contribution in [-0.2, 0) is 4.79 Å². The number of hydrogen-bond donors (Lipinski definition) is 1. The molecule has 0 spiro atoms. The standard InChI is InChI=1S/C13H18N2O3S2/c1-7-10(20-6-5-19-7)11-14-12(18-15-11)8-3-2-4-9(8)13(16)17/h7-10H,2-6H2,1H3,(H,16,17). The minimum Gasteiger partial charge on any atom is -0.481 e. The van der Waals surface area contributed by atoms with Crippen LogP contribution in [0.15, 0.2) is 4.52 Å². The van der Waals surface area contributed by atoms with E-state index in [1.807, 2.05) is 23.5 Å². The van der Waals surface area contributed by atoms with E-state index >= 15 is 0 Å². The molecule has 5 nitrogen and oxygen atoms in total. The Morgan fingerprint density at radius 1 is 1.35 bits per heavy atom. The first-order valence-corrected chi connectivity index (χ1v) is 9.06. The van der Waals surface area contributed by atoms with E-state index in [1.54, 1.807) is 0 Å². The van der Waals surface area contributed by atoms with Crippen LogP contribution in [0, 0.1) is 5.92 Å². The maximum Gasteiger partial charge on any atom is 0.307 e. The Labute approximate surface area is 126 Å². The van der Waals surface area contributed by atoms with Crippen molar-refractivity contribution >= 4 is 29.5 Å². The average molecular weight is 314 g/mol. The molecule has 1 aromatic heterocycles. The quantitative estimate of drug-likeness (QED) is 0.919. The SMILES string of the molecule is CC1SCCSC1c1noc(C2CCCC2C(=O)O)n1. The lowest BCUT2D eigenvalue weighted by atomic mass is 9.96. The van der Waals surface area contributed by atoms with Crippen LogP contribution in [0.25, 0.3) is 0 Å². The molecule has 20 heavy (non-hydrogen) atoms. The number of carbonyl (C=O) groups is 1. The average Bonchev–Trinajstić information content (AvgIpc) is 3.07. The van der Waals surface area contributed by atoms with E-state index in [2.05, 4.69) is 17.1 Å². The van der Waals surface area contributed by atoms with E-state index < -0.39 is 5.97 Å². The van der Waals surface area contributed by atoms with E-state index in [1.165, 1.54) is 0 Å². The van der Waals surface area contributed by atoms with E-state index in [0.29, 0.717) is 17.6 Å². The van der Waals surface area contributed by atoms with Crippen molar-refractivity contribution in [2.75, 3.05) is 11.5 Å². The maximum atomic E-state index is 11.2. The van der Waals surface area contributed by atoms with Crippen molar-refractivity contribution in [3.8, 4) is 0 Å². The number of hydrogen-bond acceptors (Lipinski definition) is 6. The monoisotopic (exact) mass is 314 g/mol. The van der Waals surface area contributed by atoms with Crippen molar-refractivity contribution in [2.24, 2.45) is 5.92 Å². The van der Waals surface area contributed by atoms with Crippen molar-refractivity contribution < 1.29 is 14.4 Å². The maximum absolute atomic E-state index is 11.2. The van der Waals surface area contributed by atoms with Crippen LogP contribution in [0.1, 0.15) is 49.1 Å². The highest BCUT2D eigenvalue weighted by molar-refractivity contribution is 8.06. The number of carboxylic acid groups (broad SMARTS) is 1. The predicted octanol–water partition coefficient (Wildman–Crippen LogP) is 2.95. The number of rotatable bonds is 3.